The second-order valence-corrected chi connectivity index (χ2v) is 16.6. The molecule has 0 amide bonds. The molecule has 3 saturated heterocycles. The molecule has 11 nitrogen and oxygen atoms in total. The summed E-state index contributed by atoms with van der Waals surface area (Å²) in [6, 6.07) is 17.8. The van der Waals surface area contributed by atoms with Crippen LogP contribution in [0.5, 0.6) is 5.75 Å². The Kier molecular flexibility index (Phi) is 6.40. The van der Waals surface area contributed by atoms with Gasteiger partial charge in [0.25, 0.3) is 0 Å². The zero-order valence-electron chi connectivity index (χ0n) is 24.9. The van der Waals surface area contributed by atoms with Gasteiger partial charge in [0.2, 0.25) is 10.0 Å². The average Bonchev–Trinajstić information content (AvgIpc) is 3.67. The van der Waals surface area contributed by atoms with Gasteiger partial charge in [0, 0.05) is 11.8 Å². The summed E-state index contributed by atoms with van der Waals surface area (Å²) in [6.07, 6.45) is -0.359. The molecule has 7 unspecified atom stereocenters. The van der Waals surface area contributed by atoms with Gasteiger partial charge in [-0.1, -0.05) is 48.5 Å². The highest BCUT2D eigenvalue weighted by Gasteiger charge is 2.72. The largest absolute Gasteiger partial charge is 0.744 e. The maximum atomic E-state index is 14.1. The maximum absolute atomic E-state index is 14.1. The number of carbonyl (C=O) groups excluding carboxylic acids is 2. The lowest BCUT2D eigenvalue weighted by Crippen LogP contribution is -2.52. The van der Waals surface area contributed by atoms with Crippen molar-refractivity contribution in [2.45, 2.75) is 78.4 Å². The number of fused-ring (bicyclic) bond motifs is 3. The molecule has 3 aromatic carbocycles. The van der Waals surface area contributed by atoms with Crippen molar-refractivity contribution in [1.29, 1.82) is 0 Å². The van der Waals surface area contributed by atoms with Crippen molar-refractivity contribution in [3.8, 4) is 5.75 Å². The summed E-state index contributed by atoms with van der Waals surface area (Å²) in [5, 5.41) is -1.23. The predicted molar refractivity (Wildman–Crippen MR) is 163 cm³/mol. The number of benzene rings is 3. The summed E-state index contributed by atoms with van der Waals surface area (Å²) in [7, 11) is -8.78. The van der Waals surface area contributed by atoms with Gasteiger partial charge in [0.15, 0.2) is 0 Å². The molecule has 0 aromatic heterocycles. The van der Waals surface area contributed by atoms with Gasteiger partial charge in [-0.2, -0.15) is 0 Å². The Labute approximate surface area is 271 Å². The molecule has 4 bridgehead atoms. The van der Waals surface area contributed by atoms with Gasteiger partial charge < -0.3 is 18.8 Å². The van der Waals surface area contributed by atoms with Crippen molar-refractivity contribution < 1.29 is 45.2 Å². The number of carbonyl (C=O) groups is 2. The summed E-state index contributed by atoms with van der Waals surface area (Å²) < 4.78 is 82.9. The summed E-state index contributed by atoms with van der Waals surface area (Å²) in [4.78, 5) is 27.6. The molecule has 3 heterocycles. The van der Waals surface area contributed by atoms with Crippen LogP contribution in [0.15, 0.2) is 65.6 Å². The number of hydrogen-bond acceptors (Lipinski definition) is 10. The van der Waals surface area contributed by atoms with Crippen molar-refractivity contribution in [3.05, 3.63) is 94.0 Å². The van der Waals surface area contributed by atoms with Crippen molar-refractivity contribution in [2.24, 2.45) is 11.8 Å². The van der Waals surface area contributed by atoms with Crippen LogP contribution in [-0.4, -0.2) is 62.9 Å². The Balaban J connectivity index is 1.02. The fourth-order valence-electron chi connectivity index (χ4n) is 9.27. The van der Waals surface area contributed by atoms with Crippen LogP contribution in [0.25, 0.3) is 0 Å². The number of sulfonamides is 1. The van der Waals surface area contributed by atoms with E-state index in [-0.39, 0.29) is 22.5 Å². The van der Waals surface area contributed by atoms with Crippen LogP contribution in [-0.2, 0) is 52.0 Å². The van der Waals surface area contributed by atoms with E-state index in [1.165, 1.54) is 17.2 Å². The summed E-state index contributed by atoms with van der Waals surface area (Å²) in [6.45, 7) is 0. The van der Waals surface area contributed by atoms with Crippen LogP contribution in [0.2, 0.25) is 0 Å². The van der Waals surface area contributed by atoms with Gasteiger partial charge in [-0.25, -0.2) is 21.6 Å². The Morgan fingerprint density at radius 2 is 1.49 bits per heavy atom. The van der Waals surface area contributed by atoms with E-state index >= 15 is 0 Å². The van der Waals surface area contributed by atoms with Crippen molar-refractivity contribution >= 4 is 32.1 Å². The number of rotatable bonds is 5. The number of esters is 2. The molecule has 0 spiro atoms. The van der Waals surface area contributed by atoms with E-state index in [1.807, 2.05) is 36.4 Å². The fourth-order valence-corrected chi connectivity index (χ4v) is 12.1. The molecule has 0 radical (unpaired) electrons. The molecule has 3 fully saturated rings. The third kappa shape index (κ3) is 4.26. The molecule has 47 heavy (non-hydrogen) atoms. The topological polar surface area (TPSA) is 165 Å². The van der Waals surface area contributed by atoms with Crippen LogP contribution in [0.3, 0.4) is 0 Å². The average molecular weight is 677 g/mol. The Hall–Kier alpha value is -3.62. The van der Waals surface area contributed by atoms with E-state index in [0.29, 0.717) is 43.2 Å². The van der Waals surface area contributed by atoms with Gasteiger partial charge in [0.05, 0.1) is 23.0 Å². The number of nitrogens with one attached hydrogen (secondary N) is 1. The van der Waals surface area contributed by atoms with Gasteiger partial charge in [-0.15, -0.1) is 0 Å². The third-order valence-corrected chi connectivity index (χ3v) is 13.9. The Bertz CT molecular complexity index is 2050. The minimum absolute atomic E-state index is 0.0206. The first-order chi connectivity index (χ1) is 22.5. The first-order valence-corrected chi connectivity index (χ1v) is 18.9. The van der Waals surface area contributed by atoms with Gasteiger partial charge >= 0.3 is 11.9 Å². The van der Waals surface area contributed by atoms with Crippen LogP contribution < -0.4 is 9.46 Å². The van der Waals surface area contributed by atoms with Crippen molar-refractivity contribution in [2.75, 3.05) is 0 Å². The third-order valence-electron chi connectivity index (χ3n) is 11.1. The zero-order valence-corrected chi connectivity index (χ0v) is 26.5. The van der Waals surface area contributed by atoms with Gasteiger partial charge in [0.1, 0.15) is 39.2 Å². The smallest absolute Gasteiger partial charge is 0.318 e. The monoisotopic (exact) mass is 676 g/mol. The molecule has 7 atom stereocenters. The minimum atomic E-state index is -4.75. The SMILES string of the molecule is O=C(OC1C2NS(=O)(=O)C3C2OC1C3C(=O)Oc1ccc(S(=O)(=O)[O-])c2c1CCCC2)C1CC2c3ccccc3C1c1ccccc12. The second-order valence-electron chi connectivity index (χ2n) is 13.4. The molecule has 7 aliphatic rings. The van der Waals surface area contributed by atoms with Crippen molar-refractivity contribution in [3.63, 3.8) is 0 Å². The molecular weight excluding hydrogens is 647 g/mol. The summed E-state index contributed by atoms with van der Waals surface area (Å²) in [5.74, 6) is -3.26. The highest BCUT2D eigenvalue weighted by Crippen LogP contribution is 2.56. The first-order valence-electron chi connectivity index (χ1n) is 15.9. The van der Waals surface area contributed by atoms with Crippen LogP contribution >= 0.6 is 0 Å². The lowest BCUT2D eigenvalue weighted by Gasteiger charge is -2.44. The van der Waals surface area contributed by atoms with Crippen LogP contribution in [0, 0.1) is 11.8 Å². The highest BCUT2D eigenvalue weighted by atomic mass is 32.2. The molecule has 3 aromatic rings. The van der Waals surface area contributed by atoms with Gasteiger partial charge in [-0.05, 0) is 77.6 Å². The van der Waals surface area contributed by atoms with E-state index in [4.69, 9.17) is 14.2 Å². The van der Waals surface area contributed by atoms with E-state index in [1.54, 1.807) is 0 Å². The lowest BCUT2D eigenvalue weighted by atomic mass is 9.59. The van der Waals surface area contributed by atoms with E-state index < -0.39 is 73.5 Å². The lowest BCUT2D eigenvalue weighted by molar-refractivity contribution is -0.162. The standard InChI is InChI=1S/C34H31NO10S2/c36-33(23-15-22-16-7-1-5-11-20(16)26(23)21-12-6-2-8-17(21)22)45-30-28-31-32(46(38,39)35-28)27(29(30)44-31)34(37)43-24-13-14-25(47(40,41)42)19-10-4-3-9-18(19)24/h1-2,5-8,11-14,22-23,26-32,35H,3-4,9-10,15H2,(H,40,41,42)/p-1. The molecular formula is C34H30NO10S2-. The Morgan fingerprint density at radius 3 is 2.15 bits per heavy atom. The second kappa shape index (κ2) is 10.2. The minimum Gasteiger partial charge on any atom is -0.744 e. The molecule has 3 aliphatic heterocycles. The normalized spacial score (nSPS) is 33.5. The quantitative estimate of drug-likeness (QED) is 0.241. The summed E-state index contributed by atoms with van der Waals surface area (Å²) >= 11 is 0. The highest BCUT2D eigenvalue weighted by molar-refractivity contribution is 7.90. The molecule has 13 heteroatoms. The fraction of sp³-hybridized carbons (Fsp3) is 0.412. The zero-order chi connectivity index (χ0) is 32.4. The Morgan fingerprint density at radius 1 is 0.851 bits per heavy atom. The van der Waals surface area contributed by atoms with Crippen LogP contribution in [0.4, 0.5) is 0 Å². The van der Waals surface area contributed by atoms with Crippen LogP contribution in [0.1, 0.15) is 64.5 Å². The van der Waals surface area contributed by atoms with Crippen molar-refractivity contribution in [1.82, 2.24) is 4.72 Å². The van der Waals surface area contributed by atoms with E-state index in [2.05, 4.69) is 16.9 Å². The predicted octanol–water partition coefficient (Wildman–Crippen LogP) is 2.65. The van der Waals surface area contributed by atoms with Gasteiger partial charge in [-0.3, -0.25) is 9.59 Å². The van der Waals surface area contributed by atoms with E-state index in [9.17, 15) is 31.0 Å². The number of hydrogen-bond donors (Lipinski definition) is 1. The van der Waals surface area contributed by atoms with E-state index in [0.717, 1.165) is 17.2 Å². The molecule has 244 valence electrons. The number of ether oxygens (including phenoxy) is 3. The molecule has 10 rings (SSSR count). The first kappa shape index (κ1) is 29.5. The summed E-state index contributed by atoms with van der Waals surface area (Å²) in [5.41, 5.74) is 5.33. The molecule has 4 aliphatic carbocycles. The molecule has 1 N–H and O–H groups in total. The molecule has 0 saturated carbocycles. The maximum Gasteiger partial charge on any atom is 0.318 e.